The van der Waals surface area contributed by atoms with Crippen molar-refractivity contribution in [1.29, 1.82) is 0 Å². The zero-order chi connectivity index (χ0) is 27.6. The van der Waals surface area contributed by atoms with Crippen LogP contribution in [0.2, 0.25) is 0 Å². The Morgan fingerprint density at radius 3 is 1.83 bits per heavy atom. The van der Waals surface area contributed by atoms with Crippen LogP contribution >= 0.6 is 0 Å². The average Bonchev–Trinajstić information content (AvgIpc) is 3.58. The number of hydrogen-bond acceptors (Lipinski definition) is 2. The molecular weight excluding hydrogens is 512 g/mol. The molecular formula is C38H24N4. The zero-order valence-corrected chi connectivity index (χ0v) is 22.6. The van der Waals surface area contributed by atoms with Gasteiger partial charge in [0.15, 0.2) is 11.5 Å². The Morgan fingerprint density at radius 1 is 0.429 bits per heavy atom. The standard InChI is InChI=1S/C38H24N4/c1-3-14-26(15-4-1)35-39-36(27-16-5-2-6-17-27)42-37(40-35)29-19-9-10-20-30(29)38(42)41-32-22-12-11-21-31(32)34-28-18-8-7-13-25(28)23-24-33(34)41/h1-24H. The van der Waals surface area contributed by atoms with E-state index < -0.39 is 0 Å². The second kappa shape index (κ2) is 8.88. The van der Waals surface area contributed by atoms with Crippen molar-refractivity contribution in [2.45, 2.75) is 0 Å². The van der Waals surface area contributed by atoms with Gasteiger partial charge in [-0.25, -0.2) is 9.97 Å². The van der Waals surface area contributed by atoms with Gasteiger partial charge in [0.25, 0.3) is 0 Å². The molecule has 0 saturated heterocycles. The topological polar surface area (TPSA) is 35.1 Å². The summed E-state index contributed by atoms with van der Waals surface area (Å²) in [5.74, 6) is 2.61. The predicted molar refractivity (Wildman–Crippen MR) is 173 cm³/mol. The summed E-state index contributed by atoms with van der Waals surface area (Å²) in [7, 11) is 0. The first-order chi connectivity index (χ1) is 20.9. The van der Waals surface area contributed by atoms with Crippen LogP contribution in [0.25, 0.3) is 77.6 Å². The third kappa shape index (κ3) is 3.23. The van der Waals surface area contributed by atoms with Crippen LogP contribution in [-0.2, 0) is 0 Å². The maximum Gasteiger partial charge on any atom is 0.163 e. The highest BCUT2D eigenvalue weighted by Crippen LogP contribution is 2.41. The van der Waals surface area contributed by atoms with Gasteiger partial charge >= 0.3 is 0 Å². The summed E-state index contributed by atoms with van der Waals surface area (Å²) in [5.41, 5.74) is 5.23. The normalized spacial score (nSPS) is 11.8. The predicted octanol–water partition coefficient (Wildman–Crippen LogP) is 9.47. The first kappa shape index (κ1) is 23.0. The Kier molecular flexibility index (Phi) is 4.87. The van der Waals surface area contributed by atoms with E-state index in [1.807, 2.05) is 24.3 Å². The van der Waals surface area contributed by atoms with E-state index in [2.05, 4.69) is 130 Å². The van der Waals surface area contributed by atoms with Gasteiger partial charge in [0.1, 0.15) is 11.6 Å². The lowest BCUT2D eigenvalue weighted by atomic mass is 10.0. The first-order valence-corrected chi connectivity index (χ1v) is 14.2. The molecule has 4 heteroatoms. The van der Waals surface area contributed by atoms with E-state index in [1.165, 1.54) is 21.5 Å². The van der Waals surface area contributed by atoms with Crippen LogP contribution in [0.4, 0.5) is 0 Å². The van der Waals surface area contributed by atoms with E-state index in [0.717, 1.165) is 50.2 Å². The fraction of sp³-hybridized carbons (Fsp3) is 0. The van der Waals surface area contributed by atoms with E-state index >= 15 is 0 Å². The Labute approximate surface area is 241 Å². The number of rotatable bonds is 3. The van der Waals surface area contributed by atoms with Crippen molar-refractivity contribution in [3.8, 4) is 28.6 Å². The number of nitrogens with zero attached hydrogens (tertiary/aromatic N) is 4. The molecule has 0 amide bonds. The maximum absolute atomic E-state index is 5.26. The van der Waals surface area contributed by atoms with Gasteiger partial charge in [-0.05, 0) is 22.9 Å². The van der Waals surface area contributed by atoms with Gasteiger partial charge in [-0.1, -0.05) is 133 Å². The van der Waals surface area contributed by atoms with Crippen molar-refractivity contribution in [2.75, 3.05) is 0 Å². The second-order valence-electron chi connectivity index (χ2n) is 10.7. The Balaban J connectivity index is 1.52. The summed E-state index contributed by atoms with van der Waals surface area (Å²) in [6.07, 6.45) is 0. The van der Waals surface area contributed by atoms with Crippen molar-refractivity contribution in [2.24, 2.45) is 0 Å². The molecule has 0 aliphatic rings. The molecule has 0 bridgehead atoms. The largest absolute Gasteiger partial charge is 0.294 e. The van der Waals surface area contributed by atoms with Gasteiger partial charge in [0, 0.05) is 32.7 Å². The third-order valence-corrected chi connectivity index (χ3v) is 8.31. The average molecular weight is 537 g/mol. The van der Waals surface area contributed by atoms with Gasteiger partial charge in [0.2, 0.25) is 0 Å². The van der Waals surface area contributed by atoms with Crippen LogP contribution in [0.15, 0.2) is 146 Å². The highest BCUT2D eigenvalue weighted by molar-refractivity contribution is 6.22. The highest BCUT2D eigenvalue weighted by atomic mass is 15.2. The van der Waals surface area contributed by atoms with Crippen molar-refractivity contribution >= 4 is 49.0 Å². The van der Waals surface area contributed by atoms with Crippen molar-refractivity contribution in [3.05, 3.63) is 146 Å². The molecule has 3 aromatic heterocycles. The second-order valence-corrected chi connectivity index (χ2v) is 10.7. The smallest absolute Gasteiger partial charge is 0.163 e. The molecule has 0 aliphatic carbocycles. The number of para-hydroxylation sites is 1. The van der Waals surface area contributed by atoms with Gasteiger partial charge in [-0.2, -0.15) is 0 Å². The molecule has 42 heavy (non-hydrogen) atoms. The Bertz CT molecular complexity index is 2450. The molecule has 0 fully saturated rings. The molecule has 4 nitrogen and oxygen atoms in total. The van der Waals surface area contributed by atoms with Crippen molar-refractivity contribution in [3.63, 3.8) is 0 Å². The molecule has 0 aliphatic heterocycles. The minimum Gasteiger partial charge on any atom is -0.294 e. The van der Waals surface area contributed by atoms with Crippen LogP contribution in [-0.4, -0.2) is 18.9 Å². The van der Waals surface area contributed by atoms with E-state index in [-0.39, 0.29) is 0 Å². The highest BCUT2D eigenvalue weighted by Gasteiger charge is 2.24. The van der Waals surface area contributed by atoms with Crippen LogP contribution in [0.3, 0.4) is 0 Å². The number of hydrogen-bond donors (Lipinski definition) is 0. The summed E-state index contributed by atoms with van der Waals surface area (Å²) in [4.78, 5) is 10.5. The molecule has 0 N–H and O–H groups in total. The van der Waals surface area contributed by atoms with Crippen molar-refractivity contribution < 1.29 is 0 Å². The first-order valence-electron chi connectivity index (χ1n) is 14.2. The molecule has 6 aromatic carbocycles. The molecule has 9 aromatic rings. The number of benzene rings is 6. The van der Waals surface area contributed by atoms with Crippen molar-refractivity contribution in [1.82, 2.24) is 18.9 Å². The Morgan fingerprint density at radius 2 is 1.05 bits per heavy atom. The maximum atomic E-state index is 5.26. The van der Waals surface area contributed by atoms with E-state index in [4.69, 9.17) is 9.97 Å². The lowest BCUT2D eigenvalue weighted by molar-refractivity contribution is 0.986. The lowest BCUT2D eigenvalue weighted by Gasteiger charge is -2.14. The molecule has 0 saturated carbocycles. The van der Waals surface area contributed by atoms with E-state index in [0.29, 0.717) is 5.82 Å². The monoisotopic (exact) mass is 536 g/mol. The van der Waals surface area contributed by atoms with Crippen LogP contribution in [0.1, 0.15) is 0 Å². The molecule has 3 heterocycles. The summed E-state index contributed by atoms with van der Waals surface area (Å²) in [6.45, 7) is 0. The van der Waals surface area contributed by atoms with Gasteiger partial charge in [-0.15, -0.1) is 0 Å². The minimum absolute atomic E-state index is 0.713. The molecule has 0 atom stereocenters. The number of fused-ring (bicyclic) bond motifs is 8. The summed E-state index contributed by atoms with van der Waals surface area (Å²) < 4.78 is 4.66. The van der Waals surface area contributed by atoms with Gasteiger partial charge < -0.3 is 0 Å². The fourth-order valence-electron chi connectivity index (χ4n) is 6.49. The van der Waals surface area contributed by atoms with Crippen LogP contribution < -0.4 is 0 Å². The summed E-state index contributed by atoms with van der Waals surface area (Å²) >= 11 is 0. The van der Waals surface area contributed by atoms with Crippen LogP contribution in [0, 0.1) is 0 Å². The van der Waals surface area contributed by atoms with Gasteiger partial charge in [0.05, 0.1) is 11.0 Å². The summed E-state index contributed by atoms with van der Waals surface area (Å²) in [5, 5.41) is 7.19. The quantitative estimate of drug-likeness (QED) is 0.225. The zero-order valence-electron chi connectivity index (χ0n) is 22.6. The molecule has 0 radical (unpaired) electrons. The number of aromatic nitrogens is 4. The molecule has 196 valence electrons. The van der Waals surface area contributed by atoms with Gasteiger partial charge in [-0.3, -0.25) is 8.97 Å². The third-order valence-electron chi connectivity index (χ3n) is 8.31. The van der Waals surface area contributed by atoms with Crippen LogP contribution in [0.5, 0.6) is 0 Å². The molecule has 0 unspecified atom stereocenters. The van der Waals surface area contributed by atoms with E-state index in [1.54, 1.807) is 0 Å². The SMILES string of the molecule is c1ccc(-c2nc(-c3ccccc3)n3c(-n4c5ccccc5c5c6ccccc6ccc54)c4ccccc4c3n2)cc1. The fourth-order valence-corrected chi connectivity index (χ4v) is 6.49. The lowest BCUT2D eigenvalue weighted by Crippen LogP contribution is -2.06. The minimum atomic E-state index is 0.713. The molecule has 9 rings (SSSR count). The summed E-state index contributed by atoms with van der Waals surface area (Å²) in [6, 6.07) is 51.1. The Hall–Kier alpha value is -5.74. The molecule has 0 spiro atoms. The van der Waals surface area contributed by atoms with E-state index in [9.17, 15) is 0 Å².